The normalized spacial score (nSPS) is 10.4. The van der Waals surface area contributed by atoms with Gasteiger partial charge in [0.15, 0.2) is 0 Å². The average Bonchev–Trinajstić information content (AvgIpc) is 2.55. The highest BCUT2D eigenvalue weighted by Crippen LogP contribution is 2.33. The number of methoxy groups -OCH3 is 2. The summed E-state index contributed by atoms with van der Waals surface area (Å²) in [4.78, 5) is 13.5. The SMILES string of the molecule is COc1cc(OC)c(CC(=O)Cc2cccc(SC)c2)cc1Cl. The lowest BCUT2D eigenvalue weighted by Crippen LogP contribution is -2.08. The van der Waals surface area contributed by atoms with E-state index < -0.39 is 0 Å². The molecule has 3 nitrogen and oxygen atoms in total. The lowest BCUT2D eigenvalue weighted by molar-refractivity contribution is -0.117. The van der Waals surface area contributed by atoms with Gasteiger partial charge < -0.3 is 9.47 Å². The van der Waals surface area contributed by atoms with Crippen LogP contribution in [0, 0.1) is 0 Å². The Labute approximate surface area is 145 Å². The van der Waals surface area contributed by atoms with Crippen molar-refractivity contribution >= 4 is 29.1 Å². The molecule has 0 aromatic heterocycles. The largest absolute Gasteiger partial charge is 0.496 e. The van der Waals surface area contributed by atoms with Crippen molar-refractivity contribution in [3.8, 4) is 11.5 Å². The number of hydrogen-bond donors (Lipinski definition) is 0. The highest BCUT2D eigenvalue weighted by molar-refractivity contribution is 7.98. The van der Waals surface area contributed by atoms with E-state index in [0.29, 0.717) is 22.9 Å². The van der Waals surface area contributed by atoms with E-state index in [1.54, 1.807) is 38.1 Å². The Morgan fingerprint density at radius 2 is 1.83 bits per heavy atom. The van der Waals surface area contributed by atoms with Crippen LogP contribution < -0.4 is 9.47 Å². The predicted octanol–water partition coefficient (Wildman–Crippen LogP) is 4.43. The minimum atomic E-state index is 0.114. The number of carbonyl (C=O) groups excluding carboxylic acids is 1. The van der Waals surface area contributed by atoms with Gasteiger partial charge in [-0.05, 0) is 30.0 Å². The van der Waals surface area contributed by atoms with Gasteiger partial charge in [-0.25, -0.2) is 0 Å². The predicted molar refractivity (Wildman–Crippen MR) is 95.2 cm³/mol. The van der Waals surface area contributed by atoms with Gasteiger partial charge in [0.2, 0.25) is 0 Å². The second-order valence-corrected chi connectivity index (χ2v) is 6.33. The van der Waals surface area contributed by atoms with Gasteiger partial charge >= 0.3 is 0 Å². The highest BCUT2D eigenvalue weighted by atomic mass is 35.5. The number of thioether (sulfide) groups is 1. The molecular formula is C18H19ClO3S. The molecule has 0 atom stereocenters. The monoisotopic (exact) mass is 350 g/mol. The molecule has 0 aliphatic rings. The Hall–Kier alpha value is -1.65. The fourth-order valence-corrected chi connectivity index (χ4v) is 3.09. The average molecular weight is 351 g/mol. The van der Waals surface area contributed by atoms with Crippen LogP contribution in [-0.2, 0) is 17.6 Å². The van der Waals surface area contributed by atoms with E-state index in [1.807, 2.05) is 30.5 Å². The molecule has 2 aromatic carbocycles. The maximum absolute atomic E-state index is 12.4. The van der Waals surface area contributed by atoms with Crippen molar-refractivity contribution in [1.29, 1.82) is 0 Å². The van der Waals surface area contributed by atoms with Crippen LogP contribution in [-0.4, -0.2) is 26.3 Å². The minimum absolute atomic E-state index is 0.114. The summed E-state index contributed by atoms with van der Waals surface area (Å²) in [5.74, 6) is 1.26. The molecule has 23 heavy (non-hydrogen) atoms. The molecule has 0 bridgehead atoms. The molecule has 0 saturated carbocycles. The smallest absolute Gasteiger partial charge is 0.141 e. The molecule has 2 aromatic rings. The summed E-state index contributed by atoms with van der Waals surface area (Å²) in [6, 6.07) is 11.5. The maximum Gasteiger partial charge on any atom is 0.141 e. The molecule has 0 aliphatic carbocycles. The molecule has 0 N–H and O–H groups in total. The van der Waals surface area contributed by atoms with Gasteiger partial charge in [-0.15, -0.1) is 11.8 Å². The minimum Gasteiger partial charge on any atom is -0.496 e. The van der Waals surface area contributed by atoms with Gasteiger partial charge in [0.05, 0.1) is 19.2 Å². The molecule has 0 fully saturated rings. The van der Waals surface area contributed by atoms with Crippen LogP contribution in [0.15, 0.2) is 41.3 Å². The molecular weight excluding hydrogens is 332 g/mol. The van der Waals surface area contributed by atoms with Crippen LogP contribution in [0.4, 0.5) is 0 Å². The first kappa shape index (κ1) is 17.7. The number of ether oxygens (including phenoxy) is 2. The van der Waals surface area contributed by atoms with E-state index in [1.165, 1.54) is 0 Å². The molecule has 0 heterocycles. The third kappa shape index (κ3) is 4.66. The Balaban J connectivity index is 2.14. The number of rotatable bonds is 7. The van der Waals surface area contributed by atoms with Crippen molar-refractivity contribution in [3.05, 3.63) is 52.5 Å². The lowest BCUT2D eigenvalue weighted by atomic mass is 10.0. The van der Waals surface area contributed by atoms with Crippen LogP contribution in [0.3, 0.4) is 0 Å². The van der Waals surface area contributed by atoms with Crippen molar-refractivity contribution in [2.45, 2.75) is 17.7 Å². The molecule has 0 amide bonds. The van der Waals surface area contributed by atoms with Gasteiger partial charge in [0.25, 0.3) is 0 Å². The first-order valence-electron chi connectivity index (χ1n) is 7.12. The summed E-state index contributed by atoms with van der Waals surface area (Å²) in [5.41, 5.74) is 1.78. The van der Waals surface area contributed by atoms with Crippen molar-refractivity contribution in [1.82, 2.24) is 0 Å². The van der Waals surface area contributed by atoms with Crippen molar-refractivity contribution in [2.24, 2.45) is 0 Å². The molecule has 0 aliphatic heterocycles. The second kappa shape index (κ2) is 8.27. The maximum atomic E-state index is 12.4. The van der Waals surface area contributed by atoms with Crippen molar-refractivity contribution < 1.29 is 14.3 Å². The van der Waals surface area contributed by atoms with Gasteiger partial charge in [-0.3, -0.25) is 4.79 Å². The second-order valence-electron chi connectivity index (χ2n) is 5.04. The summed E-state index contributed by atoms with van der Waals surface area (Å²) in [7, 11) is 3.11. The van der Waals surface area contributed by atoms with Gasteiger partial charge in [-0.1, -0.05) is 23.7 Å². The summed E-state index contributed by atoms with van der Waals surface area (Å²) in [5, 5.41) is 0.473. The van der Waals surface area contributed by atoms with E-state index in [0.717, 1.165) is 16.0 Å². The first-order valence-corrected chi connectivity index (χ1v) is 8.72. The van der Waals surface area contributed by atoms with Crippen LogP contribution in [0.25, 0.3) is 0 Å². The molecule has 0 radical (unpaired) electrons. The summed E-state index contributed by atoms with van der Waals surface area (Å²) in [6.45, 7) is 0. The Bertz CT molecular complexity index is 701. The molecule has 0 saturated heterocycles. The van der Waals surface area contributed by atoms with Crippen LogP contribution in [0.1, 0.15) is 11.1 Å². The third-order valence-corrected chi connectivity index (χ3v) is 4.50. The van der Waals surface area contributed by atoms with E-state index >= 15 is 0 Å². The Morgan fingerprint density at radius 1 is 1.09 bits per heavy atom. The molecule has 0 unspecified atom stereocenters. The zero-order valence-electron chi connectivity index (χ0n) is 13.4. The fourth-order valence-electron chi connectivity index (χ4n) is 2.35. The zero-order valence-corrected chi connectivity index (χ0v) is 15.0. The number of halogens is 1. The fraction of sp³-hybridized carbons (Fsp3) is 0.278. The summed E-state index contributed by atoms with van der Waals surface area (Å²) in [6.07, 6.45) is 2.68. The number of Topliss-reactive ketones (excluding diaryl/α,β-unsaturated/α-hetero) is 1. The van der Waals surface area contributed by atoms with Crippen molar-refractivity contribution in [2.75, 3.05) is 20.5 Å². The molecule has 0 spiro atoms. The van der Waals surface area contributed by atoms with E-state index in [2.05, 4.69) is 0 Å². The summed E-state index contributed by atoms with van der Waals surface area (Å²) >= 11 is 7.81. The quantitative estimate of drug-likeness (QED) is 0.692. The van der Waals surface area contributed by atoms with Gasteiger partial charge in [0.1, 0.15) is 17.3 Å². The number of benzene rings is 2. The van der Waals surface area contributed by atoms with E-state index in [4.69, 9.17) is 21.1 Å². The first-order chi connectivity index (χ1) is 11.1. The summed E-state index contributed by atoms with van der Waals surface area (Å²) < 4.78 is 10.5. The Kier molecular flexibility index (Phi) is 6.37. The standard InChI is InChI=1S/C18H19ClO3S/c1-21-17-11-18(22-2)16(19)10-13(17)9-14(20)7-12-5-4-6-15(8-12)23-3/h4-6,8,10-11H,7,9H2,1-3H3. The topological polar surface area (TPSA) is 35.5 Å². The van der Waals surface area contributed by atoms with E-state index in [-0.39, 0.29) is 12.2 Å². The van der Waals surface area contributed by atoms with Crippen LogP contribution in [0.2, 0.25) is 5.02 Å². The van der Waals surface area contributed by atoms with E-state index in [9.17, 15) is 4.79 Å². The van der Waals surface area contributed by atoms with Crippen LogP contribution in [0.5, 0.6) is 11.5 Å². The Morgan fingerprint density at radius 3 is 2.48 bits per heavy atom. The van der Waals surface area contributed by atoms with Gasteiger partial charge in [0, 0.05) is 29.4 Å². The molecule has 122 valence electrons. The van der Waals surface area contributed by atoms with Gasteiger partial charge in [-0.2, -0.15) is 0 Å². The zero-order chi connectivity index (χ0) is 16.8. The number of ketones is 1. The van der Waals surface area contributed by atoms with Crippen LogP contribution >= 0.6 is 23.4 Å². The lowest BCUT2D eigenvalue weighted by Gasteiger charge is -2.12. The van der Waals surface area contributed by atoms with Crippen molar-refractivity contribution in [3.63, 3.8) is 0 Å². The third-order valence-electron chi connectivity index (χ3n) is 3.48. The number of carbonyl (C=O) groups is 1. The highest BCUT2D eigenvalue weighted by Gasteiger charge is 2.14. The molecule has 2 rings (SSSR count). The number of hydrogen-bond acceptors (Lipinski definition) is 4. The molecule has 5 heteroatoms.